The maximum atomic E-state index is 11.1. The number of carbonyl (C=O) groups is 1. The molecule has 0 aromatic carbocycles. The van der Waals surface area contributed by atoms with E-state index in [1.54, 1.807) is 0 Å². The Balaban J connectivity index is 4.31. The van der Waals surface area contributed by atoms with Crippen molar-refractivity contribution in [2.45, 2.75) is 71.1 Å². The number of carboxylic acid groups (broad SMARTS) is 1. The van der Waals surface area contributed by atoms with Crippen molar-refractivity contribution in [3.8, 4) is 0 Å². The number of unbranched alkanes of at least 4 members (excludes halogenated alkanes) is 2. The average Bonchev–Trinajstić information content (AvgIpc) is 2.53. The van der Waals surface area contributed by atoms with Gasteiger partial charge in [-0.3, -0.25) is 4.79 Å². The Morgan fingerprint density at radius 3 is 1.85 bits per heavy atom. The van der Waals surface area contributed by atoms with Crippen LogP contribution < -0.4 is 0 Å². The van der Waals surface area contributed by atoms with Crippen LogP contribution in [0.1, 0.15) is 52.9 Å². The molecular weight excluding hydrogens is 392 g/mol. The summed E-state index contributed by atoms with van der Waals surface area (Å²) >= 11 is 0. The van der Waals surface area contributed by atoms with E-state index in [2.05, 4.69) is 0 Å². The Labute approximate surface area is 163 Å². The molecule has 11 heteroatoms. The molecule has 0 saturated heterocycles. The fourth-order valence-electron chi connectivity index (χ4n) is 2.95. The van der Waals surface area contributed by atoms with Crippen LogP contribution in [0, 0.1) is 5.92 Å². The van der Waals surface area contributed by atoms with Gasteiger partial charge in [-0.1, -0.05) is 12.8 Å². The number of aliphatic hydroxyl groups excluding tert-OH is 1. The van der Waals surface area contributed by atoms with Crippen molar-refractivity contribution in [2.75, 3.05) is 19.8 Å². The van der Waals surface area contributed by atoms with Crippen molar-refractivity contribution >= 4 is 23.6 Å². The maximum absolute atomic E-state index is 11.1. The lowest BCUT2D eigenvalue weighted by molar-refractivity contribution is -0.142. The standard InChI is InChI=1S/C16H36O9Si2/c1-4-23-27(24-5-2,25-6-3)11-9-7-8-10-15(17)12-14(16(18)19)13-26(20,21)22/h14-15,17,20-22H,4-13H2,1-3H3,(H,18,19). The van der Waals surface area contributed by atoms with E-state index in [0.29, 0.717) is 38.7 Å². The van der Waals surface area contributed by atoms with Crippen molar-refractivity contribution < 1.29 is 42.7 Å². The van der Waals surface area contributed by atoms with E-state index < -0.39 is 41.6 Å². The van der Waals surface area contributed by atoms with Crippen molar-refractivity contribution in [1.82, 2.24) is 0 Å². The van der Waals surface area contributed by atoms with E-state index in [9.17, 15) is 9.90 Å². The van der Waals surface area contributed by atoms with Crippen LogP contribution in [-0.4, -0.2) is 74.1 Å². The summed E-state index contributed by atoms with van der Waals surface area (Å²) < 4.78 is 17.3. The summed E-state index contributed by atoms with van der Waals surface area (Å²) in [6, 6.07) is 0.0641. The van der Waals surface area contributed by atoms with E-state index in [1.807, 2.05) is 20.8 Å². The largest absolute Gasteiger partial charge is 0.500 e. The SMILES string of the molecule is CCO[Si](CCCCCC(O)CC(C[Si](O)(O)O)C(=O)O)(OCC)OCC. The Hall–Kier alpha value is -0.376. The molecule has 2 unspecified atom stereocenters. The lowest BCUT2D eigenvalue weighted by atomic mass is 9.99. The number of rotatable bonds is 17. The average molecular weight is 429 g/mol. The topological polar surface area (TPSA) is 146 Å². The normalized spacial score (nSPS) is 14.9. The third-order valence-corrected chi connectivity index (χ3v) is 8.23. The molecule has 0 saturated carbocycles. The molecule has 0 spiro atoms. The fourth-order valence-corrected chi connectivity index (χ4v) is 6.64. The molecule has 27 heavy (non-hydrogen) atoms. The highest BCUT2D eigenvalue weighted by atomic mass is 28.4. The molecule has 0 amide bonds. The lowest BCUT2D eigenvalue weighted by Gasteiger charge is -2.28. The van der Waals surface area contributed by atoms with E-state index >= 15 is 0 Å². The lowest BCUT2D eigenvalue weighted by Crippen LogP contribution is -2.45. The van der Waals surface area contributed by atoms with Crippen LogP contribution >= 0.6 is 0 Å². The van der Waals surface area contributed by atoms with Crippen molar-refractivity contribution in [3.63, 3.8) is 0 Å². The molecule has 0 aromatic rings. The summed E-state index contributed by atoms with van der Waals surface area (Å²) in [4.78, 5) is 38.4. The fraction of sp³-hybridized carbons (Fsp3) is 0.938. The van der Waals surface area contributed by atoms with Crippen molar-refractivity contribution in [2.24, 2.45) is 5.92 Å². The minimum atomic E-state index is -4.47. The second kappa shape index (κ2) is 13.7. The van der Waals surface area contributed by atoms with Gasteiger partial charge in [-0.15, -0.1) is 0 Å². The van der Waals surface area contributed by atoms with E-state index in [0.717, 1.165) is 12.8 Å². The molecule has 0 fully saturated rings. The first-order valence-electron chi connectivity index (χ1n) is 9.59. The zero-order valence-electron chi connectivity index (χ0n) is 16.6. The predicted molar refractivity (Wildman–Crippen MR) is 103 cm³/mol. The summed E-state index contributed by atoms with van der Waals surface area (Å²) in [5.74, 6) is -2.44. The first-order chi connectivity index (χ1) is 12.6. The summed E-state index contributed by atoms with van der Waals surface area (Å²) in [5.41, 5.74) is 0. The monoisotopic (exact) mass is 428 g/mol. The Bertz CT molecular complexity index is 387. The third-order valence-electron chi connectivity index (χ3n) is 4.04. The Morgan fingerprint density at radius 2 is 1.44 bits per heavy atom. The van der Waals surface area contributed by atoms with Crippen LogP contribution in [0.15, 0.2) is 0 Å². The number of carboxylic acids is 1. The van der Waals surface area contributed by atoms with Crippen LogP contribution in [0.4, 0.5) is 0 Å². The van der Waals surface area contributed by atoms with Gasteiger partial charge in [-0.05, 0) is 40.0 Å². The number of hydrogen-bond acceptors (Lipinski definition) is 8. The van der Waals surface area contributed by atoms with Gasteiger partial charge >= 0.3 is 23.6 Å². The van der Waals surface area contributed by atoms with Gasteiger partial charge in [-0.25, -0.2) is 0 Å². The van der Waals surface area contributed by atoms with Gasteiger partial charge in [0.1, 0.15) is 0 Å². The van der Waals surface area contributed by atoms with Crippen LogP contribution in [-0.2, 0) is 18.1 Å². The highest BCUT2D eigenvalue weighted by Crippen LogP contribution is 2.22. The van der Waals surface area contributed by atoms with Gasteiger partial charge in [0.2, 0.25) is 0 Å². The molecule has 0 rings (SSSR count). The maximum Gasteiger partial charge on any atom is 0.500 e. The van der Waals surface area contributed by atoms with E-state index in [4.69, 9.17) is 32.8 Å². The molecule has 0 aliphatic rings. The van der Waals surface area contributed by atoms with Crippen molar-refractivity contribution in [3.05, 3.63) is 0 Å². The van der Waals surface area contributed by atoms with E-state index in [1.165, 1.54) is 0 Å². The van der Waals surface area contributed by atoms with Crippen molar-refractivity contribution in [1.29, 1.82) is 0 Å². The minimum absolute atomic E-state index is 0.124. The smallest absolute Gasteiger partial charge is 0.481 e. The highest BCUT2D eigenvalue weighted by molar-refractivity contribution is 6.60. The zero-order valence-corrected chi connectivity index (χ0v) is 18.6. The van der Waals surface area contributed by atoms with E-state index in [-0.39, 0.29) is 6.42 Å². The molecule has 0 heterocycles. The van der Waals surface area contributed by atoms with Crippen LogP contribution in [0.2, 0.25) is 12.1 Å². The molecule has 0 bridgehead atoms. The molecule has 0 radical (unpaired) electrons. The first-order valence-corrected chi connectivity index (χ1v) is 13.6. The molecule has 5 N–H and O–H groups in total. The van der Waals surface area contributed by atoms with Gasteiger partial charge < -0.3 is 37.9 Å². The van der Waals surface area contributed by atoms with Crippen LogP contribution in [0.25, 0.3) is 0 Å². The van der Waals surface area contributed by atoms with Gasteiger partial charge in [0.05, 0.1) is 12.0 Å². The third kappa shape index (κ3) is 12.6. The minimum Gasteiger partial charge on any atom is -0.481 e. The number of hydrogen-bond donors (Lipinski definition) is 5. The second-order valence-corrected chi connectivity index (χ2v) is 11.2. The molecule has 0 aliphatic carbocycles. The van der Waals surface area contributed by atoms with Gasteiger partial charge in [0.15, 0.2) is 0 Å². The van der Waals surface area contributed by atoms with Gasteiger partial charge in [-0.2, -0.15) is 0 Å². The zero-order chi connectivity index (χ0) is 20.9. The summed E-state index contributed by atoms with van der Waals surface area (Å²) in [5, 5.41) is 19.1. The molecular formula is C16H36O9Si2. The number of aliphatic carboxylic acids is 1. The molecule has 9 nitrogen and oxygen atoms in total. The van der Waals surface area contributed by atoms with Gasteiger partial charge in [0.25, 0.3) is 0 Å². The summed E-state index contributed by atoms with van der Waals surface area (Å²) in [7, 11) is -7.13. The van der Waals surface area contributed by atoms with Crippen LogP contribution in [0.5, 0.6) is 0 Å². The second-order valence-electron chi connectivity index (χ2n) is 6.48. The van der Waals surface area contributed by atoms with Crippen LogP contribution in [0.3, 0.4) is 0 Å². The van der Waals surface area contributed by atoms with Gasteiger partial charge in [0, 0.05) is 31.9 Å². The molecule has 2 atom stereocenters. The first kappa shape index (κ1) is 26.6. The summed E-state index contributed by atoms with van der Waals surface area (Å²) in [6.45, 7) is 7.26. The summed E-state index contributed by atoms with van der Waals surface area (Å²) in [6.07, 6.45) is 1.68. The molecule has 0 aliphatic heterocycles. The highest BCUT2D eigenvalue weighted by Gasteiger charge is 2.39. The molecule has 162 valence electrons. The quantitative estimate of drug-likeness (QED) is 0.169. The Morgan fingerprint density at radius 1 is 0.926 bits per heavy atom. The molecule has 0 aromatic heterocycles. The Kier molecular flexibility index (Phi) is 13.6. The number of aliphatic hydroxyl groups is 1. The predicted octanol–water partition coefficient (Wildman–Crippen LogP) is 0.963.